The summed E-state index contributed by atoms with van der Waals surface area (Å²) >= 11 is 5.83. The summed E-state index contributed by atoms with van der Waals surface area (Å²) < 4.78 is 21.1. The topological polar surface area (TPSA) is 91.3 Å². The lowest BCUT2D eigenvalue weighted by Gasteiger charge is -2.25. The Morgan fingerprint density at radius 3 is 2.41 bits per heavy atom. The highest BCUT2D eigenvalue weighted by Crippen LogP contribution is 2.22. The number of hydrogen-bond acceptors (Lipinski definition) is 7. The highest BCUT2D eigenvalue weighted by atomic mass is 35.5. The molecule has 0 aliphatic rings. The Balaban J connectivity index is 1.83. The zero-order chi connectivity index (χ0) is 21.4. The molecular weight excluding hydrogens is 400 g/mol. The standard InChI is InChI=1S/C21H23ClO7/c1-14(23)28-18-7-5-4-6-15(18)12-26-19(24)13-27-20(25)21(2,3)29-17-10-8-16(22)9-11-17/h4-11,19,24H,12-13H2,1-3H3. The minimum absolute atomic E-state index is 0.0349. The van der Waals surface area contributed by atoms with Gasteiger partial charge in [-0.1, -0.05) is 29.8 Å². The van der Waals surface area contributed by atoms with Gasteiger partial charge in [-0.05, 0) is 44.2 Å². The van der Waals surface area contributed by atoms with Crippen LogP contribution in [0.3, 0.4) is 0 Å². The first-order valence-corrected chi connectivity index (χ1v) is 9.23. The average molecular weight is 423 g/mol. The molecule has 0 heterocycles. The summed E-state index contributed by atoms with van der Waals surface area (Å²) in [7, 11) is 0. The van der Waals surface area contributed by atoms with E-state index in [0.717, 1.165) is 0 Å². The van der Waals surface area contributed by atoms with E-state index < -0.39 is 23.8 Å². The van der Waals surface area contributed by atoms with Crippen LogP contribution in [-0.4, -0.2) is 35.5 Å². The molecule has 0 radical (unpaired) electrons. The Kier molecular flexibility index (Phi) is 8.01. The Morgan fingerprint density at radius 2 is 1.76 bits per heavy atom. The van der Waals surface area contributed by atoms with Crippen molar-refractivity contribution in [3.63, 3.8) is 0 Å². The van der Waals surface area contributed by atoms with Gasteiger partial charge in [0.1, 0.15) is 18.1 Å². The van der Waals surface area contributed by atoms with Gasteiger partial charge in [0.05, 0.1) is 6.61 Å². The molecule has 0 amide bonds. The number of rotatable bonds is 9. The fraction of sp³-hybridized carbons (Fsp3) is 0.333. The summed E-state index contributed by atoms with van der Waals surface area (Å²) in [5, 5.41) is 10.5. The SMILES string of the molecule is CC(=O)Oc1ccccc1COC(O)COC(=O)C(C)(C)Oc1ccc(Cl)cc1. The van der Waals surface area contributed by atoms with Crippen molar-refractivity contribution in [2.45, 2.75) is 39.3 Å². The number of halogens is 1. The quantitative estimate of drug-likeness (QED) is 0.375. The van der Waals surface area contributed by atoms with Crippen LogP contribution in [-0.2, 0) is 25.7 Å². The van der Waals surface area contributed by atoms with Gasteiger partial charge in [-0.25, -0.2) is 4.79 Å². The zero-order valence-corrected chi connectivity index (χ0v) is 17.1. The molecule has 8 heteroatoms. The molecule has 156 valence electrons. The number of hydrogen-bond donors (Lipinski definition) is 1. The van der Waals surface area contributed by atoms with Gasteiger partial charge in [0.25, 0.3) is 0 Å². The van der Waals surface area contributed by atoms with Gasteiger partial charge in [0, 0.05) is 17.5 Å². The van der Waals surface area contributed by atoms with Crippen LogP contribution >= 0.6 is 11.6 Å². The molecule has 29 heavy (non-hydrogen) atoms. The average Bonchev–Trinajstić information content (AvgIpc) is 2.66. The third-order valence-corrected chi connectivity index (χ3v) is 3.94. The fourth-order valence-electron chi connectivity index (χ4n) is 2.27. The Hall–Kier alpha value is -2.61. The lowest BCUT2D eigenvalue weighted by atomic mass is 10.1. The molecule has 0 aliphatic carbocycles. The van der Waals surface area contributed by atoms with Crippen LogP contribution in [0.4, 0.5) is 0 Å². The monoisotopic (exact) mass is 422 g/mol. The summed E-state index contributed by atoms with van der Waals surface area (Å²) in [5.74, 6) is -0.345. The molecule has 2 rings (SSSR count). The number of benzene rings is 2. The van der Waals surface area contributed by atoms with Crippen molar-refractivity contribution >= 4 is 23.5 Å². The maximum atomic E-state index is 12.3. The molecule has 0 spiro atoms. The summed E-state index contributed by atoms with van der Waals surface area (Å²) in [6, 6.07) is 13.3. The van der Waals surface area contributed by atoms with Crippen LogP contribution in [0.2, 0.25) is 5.02 Å². The van der Waals surface area contributed by atoms with E-state index in [4.69, 9.17) is 30.5 Å². The predicted molar refractivity (Wildman–Crippen MR) is 106 cm³/mol. The maximum absolute atomic E-state index is 12.3. The number of ether oxygens (including phenoxy) is 4. The van der Waals surface area contributed by atoms with Crippen molar-refractivity contribution in [2.24, 2.45) is 0 Å². The third kappa shape index (κ3) is 7.38. The predicted octanol–water partition coefficient (Wildman–Crippen LogP) is 3.50. The molecular formula is C21H23ClO7. The number of esters is 2. The van der Waals surface area contributed by atoms with E-state index in [1.165, 1.54) is 6.92 Å². The molecule has 1 unspecified atom stereocenters. The lowest BCUT2D eigenvalue weighted by Crippen LogP contribution is -2.41. The second-order valence-electron chi connectivity index (χ2n) is 6.63. The second-order valence-corrected chi connectivity index (χ2v) is 7.07. The van der Waals surface area contributed by atoms with E-state index in [9.17, 15) is 14.7 Å². The van der Waals surface area contributed by atoms with E-state index in [1.54, 1.807) is 62.4 Å². The van der Waals surface area contributed by atoms with Crippen LogP contribution in [0.5, 0.6) is 11.5 Å². The smallest absolute Gasteiger partial charge is 0.350 e. The fourth-order valence-corrected chi connectivity index (χ4v) is 2.40. The highest BCUT2D eigenvalue weighted by molar-refractivity contribution is 6.30. The Bertz CT molecular complexity index is 833. The molecule has 1 atom stereocenters. The Morgan fingerprint density at radius 1 is 1.10 bits per heavy atom. The maximum Gasteiger partial charge on any atom is 0.350 e. The van der Waals surface area contributed by atoms with E-state index >= 15 is 0 Å². The van der Waals surface area contributed by atoms with Crippen LogP contribution in [0.1, 0.15) is 26.3 Å². The van der Waals surface area contributed by atoms with Crippen LogP contribution in [0, 0.1) is 0 Å². The second kappa shape index (κ2) is 10.2. The van der Waals surface area contributed by atoms with Crippen LogP contribution < -0.4 is 9.47 Å². The number of aliphatic hydroxyl groups is 1. The van der Waals surface area contributed by atoms with Gasteiger partial charge in [-0.3, -0.25) is 4.79 Å². The van der Waals surface area contributed by atoms with Gasteiger partial charge in [0.2, 0.25) is 0 Å². The molecule has 0 aromatic heterocycles. The van der Waals surface area contributed by atoms with E-state index in [-0.39, 0.29) is 13.2 Å². The molecule has 0 aliphatic heterocycles. The minimum Gasteiger partial charge on any atom is -0.476 e. The molecule has 7 nitrogen and oxygen atoms in total. The number of carbonyl (C=O) groups excluding carboxylic acids is 2. The van der Waals surface area contributed by atoms with Crippen LogP contribution in [0.25, 0.3) is 0 Å². The van der Waals surface area contributed by atoms with Gasteiger partial charge in [-0.15, -0.1) is 0 Å². The summed E-state index contributed by atoms with van der Waals surface area (Å²) in [6.07, 6.45) is -1.37. The normalized spacial score (nSPS) is 12.2. The van der Waals surface area contributed by atoms with E-state index in [0.29, 0.717) is 22.1 Å². The Labute approximate surface area is 174 Å². The van der Waals surface area contributed by atoms with Gasteiger partial charge < -0.3 is 24.1 Å². The van der Waals surface area contributed by atoms with Crippen LogP contribution in [0.15, 0.2) is 48.5 Å². The molecule has 0 saturated carbocycles. The third-order valence-electron chi connectivity index (χ3n) is 3.69. The van der Waals surface area contributed by atoms with Gasteiger partial charge in [-0.2, -0.15) is 0 Å². The van der Waals surface area contributed by atoms with Gasteiger partial charge >= 0.3 is 11.9 Å². The van der Waals surface area contributed by atoms with Gasteiger partial charge in [0.15, 0.2) is 11.9 Å². The molecule has 0 saturated heterocycles. The molecule has 0 bridgehead atoms. The largest absolute Gasteiger partial charge is 0.476 e. The molecule has 2 aromatic carbocycles. The minimum atomic E-state index is -1.37. The molecule has 0 fully saturated rings. The summed E-state index contributed by atoms with van der Waals surface area (Å²) in [4.78, 5) is 23.4. The van der Waals surface area contributed by atoms with Crippen molar-refractivity contribution < 1.29 is 33.6 Å². The van der Waals surface area contributed by atoms with E-state index in [2.05, 4.69) is 0 Å². The van der Waals surface area contributed by atoms with Crippen molar-refractivity contribution in [1.29, 1.82) is 0 Å². The number of para-hydroxylation sites is 1. The number of carbonyl (C=O) groups is 2. The zero-order valence-electron chi connectivity index (χ0n) is 16.4. The number of aliphatic hydroxyl groups excluding tert-OH is 1. The van der Waals surface area contributed by atoms with E-state index in [1.807, 2.05) is 0 Å². The molecule has 2 aromatic rings. The lowest BCUT2D eigenvalue weighted by molar-refractivity contribution is -0.180. The first-order chi connectivity index (χ1) is 13.7. The van der Waals surface area contributed by atoms with Crippen molar-refractivity contribution in [3.05, 3.63) is 59.1 Å². The first kappa shape index (κ1) is 22.7. The highest BCUT2D eigenvalue weighted by Gasteiger charge is 2.32. The van der Waals surface area contributed by atoms with Crippen molar-refractivity contribution in [1.82, 2.24) is 0 Å². The summed E-state index contributed by atoms with van der Waals surface area (Å²) in [6.45, 7) is 3.97. The first-order valence-electron chi connectivity index (χ1n) is 8.85. The molecule has 1 N–H and O–H groups in total. The van der Waals surface area contributed by atoms with Crippen molar-refractivity contribution in [2.75, 3.05) is 6.61 Å². The summed E-state index contributed by atoms with van der Waals surface area (Å²) in [5.41, 5.74) is -0.713. The van der Waals surface area contributed by atoms with Crippen molar-refractivity contribution in [3.8, 4) is 11.5 Å².